The first-order valence-electron chi connectivity index (χ1n) is 7.54. The molecule has 1 amide bonds. The van der Waals surface area contributed by atoms with E-state index in [0.717, 1.165) is 28.6 Å². The number of aryl methyl sites for hydroxylation is 2. The lowest BCUT2D eigenvalue weighted by Crippen LogP contribution is -2.18. The Morgan fingerprint density at radius 3 is 2.67 bits per heavy atom. The van der Waals surface area contributed by atoms with E-state index in [2.05, 4.69) is 15.5 Å². The third-order valence-corrected chi connectivity index (χ3v) is 4.36. The molecule has 0 saturated carbocycles. The van der Waals surface area contributed by atoms with E-state index in [9.17, 15) is 9.59 Å². The molecule has 1 aromatic carbocycles. The van der Waals surface area contributed by atoms with Crippen LogP contribution in [0.1, 0.15) is 23.9 Å². The van der Waals surface area contributed by atoms with Gasteiger partial charge in [0.05, 0.1) is 12.2 Å². The van der Waals surface area contributed by atoms with Gasteiger partial charge in [-0.1, -0.05) is 29.5 Å². The number of anilines is 1. The second-order valence-corrected chi connectivity index (χ2v) is 6.31. The van der Waals surface area contributed by atoms with Crippen molar-refractivity contribution in [2.24, 2.45) is 0 Å². The SMILES string of the molecule is CCn1c(CC(=O)Nc2ccc(C)cc2C)nnc1SCC(=O)O. The molecule has 2 aromatic rings. The summed E-state index contributed by atoms with van der Waals surface area (Å²) >= 11 is 1.09. The Morgan fingerprint density at radius 2 is 2.04 bits per heavy atom. The number of aliphatic carboxylic acids is 1. The highest BCUT2D eigenvalue weighted by atomic mass is 32.2. The smallest absolute Gasteiger partial charge is 0.313 e. The van der Waals surface area contributed by atoms with Gasteiger partial charge in [0.15, 0.2) is 5.16 Å². The van der Waals surface area contributed by atoms with Gasteiger partial charge in [-0.3, -0.25) is 9.59 Å². The first-order chi connectivity index (χ1) is 11.4. The Morgan fingerprint density at radius 1 is 1.29 bits per heavy atom. The number of hydrogen-bond donors (Lipinski definition) is 2. The van der Waals surface area contributed by atoms with Crippen LogP contribution in [0.5, 0.6) is 0 Å². The van der Waals surface area contributed by atoms with Crippen molar-refractivity contribution in [3.05, 3.63) is 35.2 Å². The number of amides is 1. The van der Waals surface area contributed by atoms with E-state index < -0.39 is 5.97 Å². The molecule has 0 radical (unpaired) electrons. The Labute approximate surface area is 144 Å². The predicted octanol–water partition coefficient (Wildman–Crippen LogP) is 2.27. The van der Waals surface area contributed by atoms with Crippen LogP contribution < -0.4 is 5.32 Å². The van der Waals surface area contributed by atoms with Crippen LogP contribution in [0.4, 0.5) is 5.69 Å². The van der Waals surface area contributed by atoms with Crippen molar-refractivity contribution in [3.63, 3.8) is 0 Å². The van der Waals surface area contributed by atoms with Crippen LogP contribution in [0.2, 0.25) is 0 Å². The topological polar surface area (TPSA) is 97.1 Å². The molecule has 2 N–H and O–H groups in total. The molecule has 0 atom stereocenters. The monoisotopic (exact) mass is 348 g/mol. The molecule has 1 aromatic heterocycles. The lowest BCUT2D eigenvalue weighted by Gasteiger charge is -2.10. The van der Waals surface area contributed by atoms with Crippen molar-refractivity contribution >= 4 is 29.3 Å². The first-order valence-corrected chi connectivity index (χ1v) is 8.53. The molecule has 0 aliphatic rings. The Hall–Kier alpha value is -2.35. The number of hydrogen-bond acceptors (Lipinski definition) is 5. The van der Waals surface area contributed by atoms with Crippen molar-refractivity contribution in [2.45, 2.75) is 38.9 Å². The maximum absolute atomic E-state index is 12.3. The summed E-state index contributed by atoms with van der Waals surface area (Å²) in [6.07, 6.45) is 0.0851. The summed E-state index contributed by atoms with van der Waals surface area (Å²) < 4.78 is 1.76. The number of carboxylic acid groups (broad SMARTS) is 1. The summed E-state index contributed by atoms with van der Waals surface area (Å²) in [5, 5.41) is 20.1. The minimum atomic E-state index is -0.917. The number of nitrogens with zero attached hydrogens (tertiary/aromatic N) is 3. The molecule has 1 heterocycles. The van der Waals surface area contributed by atoms with Gasteiger partial charge in [0.2, 0.25) is 5.91 Å². The van der Waals surface area contributed by atoms with Crippen LogP contribution in [0.3, 0.4) is 0 Å². The molecule has 8 heteroatoms. The highest BCUT2D eigenvalue weighted by Gasteiger charge is 2.16. The van der Waals surface area contributed by atoms with Gasteiger partial charge in [0, 0.05) is 12.2 Å². The fourth-order valence-electron chi connectivity index (χ4n) is 2.29. The third kappa shape index (κ3) is 4.58. The van der Waals surface area contributed by atoms with Gasteiger partial charge in [-0.25, -0.2) is 0 Å². The van der Waals surface area contributed by atoms with Crippen LogP contribution in [-0.2, 0) is 22.6 Å². The summed E-state index contributed by atoms with van der Waals surface area (Å²) in [4.78, 5) is 22.9. The molecule has 0 unspecified atom stereocenters. The largest absolute Gasteiger partial charge is 0.481 e. The lowest BCUT2D eigenvalue weighted by atomic mass is 10.1. The Kier molecular flexibility index (Phi) is 5.97. The highest BCUT2D eigenvalue weighted by molar-refractivity contribution is 7.99. The first kappa shape index (κ1) is 18.0. The molecular weight excluding hydrogens is 328 g/mol. The molecule has 2 rings (SSSR count). The van der Waals surface area contributed by atoms with Gasteiger partial charge < -0.3 is 15.0 Å². The van der Waals surface area contributed by atoms with E-state index in [1.807, 2.05) is 39.0 Å². The predicted molar refractivity (Wildman–Crippen MR) is 92.3 cm³/mol. The Balaban J connectivity index is 2.07. The maximum Gasteiger partial charge on any atom is 0.313 e. The normalized spacial score (nSPS) is 10.6. The average Bonchev–Trinajstić information content (AvgIpc) is 2.89. The summed E-state index contributed by atoms with van der Waals surface area (Å²) in [5.41, 5.74) is 2.91. The number of rotatable bonds is 7. The zero-order chi connectivity index (χ0) is 17.7. The van der Waals surface area contributed by atoms with Crippen molar-refractivity contribution in [2.75, 3.05) is 11.1 Å². The number of nitrogens with one attached hydrogen (secondary N) is 1. The number of carbonyl (C=O) groups excluding carboxylic acids is 1. The minimum Gasteiger partial charge on any atom is -0.481 e. The van der Waals surface area contributed by atoms with E-state index in [-0.39, 0.29) is 18.1 Å². The van der Waals surface area contributed by atoms with Gasteiger partial charge >= 0.3 is 5.97 Å². The van der Waals surface area contributed by atoms with E-state index in [0.29, 0.717) is 17.5 Å². The molecule has 0 spiro atoms. The molecule has 128 valence electrons. The standard InChI is InChI=1S/C16H20N4O3S/c1-4-20-13(18-19-16(20)24-9-15(22)23)8-14(21)17-12-6-5-10(2)7-11(12)3/h5-7H,4,8-9H2,1-3H3,(H,17,21)(H,22,23). The van der Waals surface area contributed by atoms with Crippen LogP contribution in [0.15, 0.2) is 23.4 Å². The molecule has 0 bridgehead atoms. The number of carboxylic acids is 1. The van der Waals surface area contributed by atoms with Gasteiger partial charge in [0.25, 0.3) is 0 Å². The molecule has 0 aliphatic carbocycles. The molecule has 0 saturated heterocycles. The van der Waals surface area contributed by atoms with E-state index >= 15 is 0 Å². The molecule has 0 fully saturated rings. The van der Waals surface area contributed by atoms with Crippen LogP contribution in [0.25, 0.3) is 0 Å². The van der Waals surface area contributed by atoms with Crippen molar-refractivity contribution in [1.29, 1.82) is 0 Å². The number of benzene rings is 1. The summed E-state index contributed by atoms with van der Waals surface area (Å²) in [7, 11) is 0. The molecule has 0 aliphatic heterocycles. The quantitative estimate of drug-likeness (QED) is 0.745. The number of carbonyl (C=O) groups is 2. The second kappa shape index (κ2) is 7.96. The van der Waals surface area contributed by atoms with Crippen LogP contribution in [-0.4, -0.2) is 37.5 Å². The Bertz CT molecular complexity index is 758. The summed E-state index contributed by atoms with van der Waals surface area (Å²) in [6.45, 7) is 6.41. The number of thioether (sulfide) groups is 1. The zero-order valence-electron chi connectivity index (χ0n) is 13.9. The van der Waals surface area contributed by atoms with Crippen LogP contribution >= 0.6 is 11.8 Å². The van der Waals surface area contributed by atoms with E-state index in [1.165, 1.54) is 0 Å². The summed E-state index contributed by atoms with van der Waals surface area (Å²) in [5.74, 6) is -0.668. The molecular formula is C16H20N4O3S. The highest BCUT2D eigenvalue weighted by Crippen LogP contribution is 2.19. The fourth-order valence-corrected chi connectivity index (χ4v) is 3.03. The van der Waals surface area contributed by atoms with E-state index in [4.69, 9.17) is 5.11 Å². The molecule has 24 heavy (non-hydrogen) atoms. The van der Waals surface area contributed by atoms with Gasteiger partial charge in [-0.2, -0.15) is 0 Å². The number of aromatic nitrogens is 3. The van der Waals surface area contributed by atoms with Crippen molar-refractivity contribution in [1.82, 2.24) is 14.8 Å². The minimum absolute atomic E-state index is 0.0851. The van der Waals surface area contributed by atoms with Crippen molar-refractivity contribution in [3.8, 4) is 0 Å². The van der Waals surface area contributed by atoms with Gasteiger partial charge in [-0.05, 0) is 32.4 Å². The van der Waals surface area contributed by atoms with Gasteiger partial charge in [-0.15, -0.1) is 10.2 Å². The fraction of sp³-hybridized carbons (Fsp3) is 0.375. The van der Waals surface area contributed by atoms with Gasteiger partial charge in [0.1, 0.15) is 5.82 Å². The van der Waals surface area contributed by atoms with E-state index in [1.54, 1.807) is 4.57 Å². The second-order valence-electron chi connectivity index (χ2n) is 5.37. The molecule has 7 nitrogen and oxygen atoms in total. The lowest BCUT2D eigenvalue weighted by molar-refractivity contribution is -0.133. The van der Waals surface area contributed by atoms with Crippen LogP contribution in [0, 0.1) is 13.8 Å². The average molecular weight is 348 g/mol. The zero-order valence-corrected chi connectivity index (χ0v) is 14.7. The maximum atomic E-state index is 12.3. The third-order valence-electron chi connectivity index (χ3n) is 3.41. The van der Waals surface area contributed by atoms with Crippen molar-refractivity contribution < 1.29 is 14.7 Å². The summed E-state index contributed by atoms with van der Waals surface area (Å²) in [6, 6.07) is 5.82.